The Balaban J connectivity index is 2.31. The monoisotopic (exact) mass is 296 g/mol. The molecule has 0 aliphatic rings. The lowest BCUT2D eigenvalue weighted by atomic mass is 10.2. The zero-order chi connectivity index (χ0) is 12.3. The van der Waals surface area contributed by atoms with Gasteiger partial charge in [-0.25, -0.2) is 4.39 Å². The topological polar surface area (TPSA) is 29.5 Å². The fraction of sp³-hybridized carbons (Fsp3) is 0.0769. The summed E-state index contributed by atoms with van der Waals surface area (Å²) in [5, 5.41) is 9.14. The molecule has 0 unspecified atom stereocenters. The first-order valence-electron chi connectivity index (χ1n) is 5.02. The van der Waals surface area contributed by atoms with Crippen LogP contribution in [-0.2, 0) is 6.61 Å². The van der Waals surface area contributed by atoms with Crippen LogP contribution in [0.4, 0.5) is 4.39 Å². The molecule has 2 aromatic carbocycles. The molecule has 0 atom stereocenters. The molecule has 88 valence electrons. The van der Waals surface area contributed by atoms with Crippen molar-refractivity contribution in [2.75, 3.05) is 0 Å². The molecular formula is C13H10BrFO2. The predicted molar refractivity (Wildman–Crippen MR) is 66.5 cm³/mol. The second kappa shape index (κ2) is 5.29. The van der Waals surface area contributed by atoms with Crippen molar-refractivity contribution >= 4 is 15.9 Å². The summed E-state index contributed by atoms with van der Waals surface area (Å²) in [5.41, 5.74) is 0.660. The average Bonchev–Trinajstić information content (AvgIpc) is 2.28. The van der Waals surface area contributed by atoms with Gasteiger partial charge in [0.05, 0.1) is 6.61 Å². The lowest BCUT2D eigenvalue weighted by molar-refractivity contribution is 0.276. The Bertz CT molecular complexity index is 508. The Morgan fingerprint density at radius 1 is 1.18 bits per heavy atom. The number of rotatable bonds is 3. The molecule has 2 nitrogen and oxygen atoms in total. The number of hydrogen-bond donors (Lipinski definition) is 1. The summed E-state index contributed by atoms with van der Waals surface area (Å²) in [7, 11) is 0. The van der Waals surface area contributed by atoms with Crippen LogP contribution in [0.2, 0.25) is 0 Å². The molecule has 0 saturated carbocycles. The predicted octanol–water partition coefficient (Wildman–Crippen LogP) is 3.87. The van der Waals surface area contributed by atoms with E-state index in [0.717, 1.165) is 0 Å². The van der Waals surface area contributed by atoms with E-state index in [9.17, 15) is 4.39 Å². The maximum atomic E-state index is 13.2. The molecule has 2 rings (SSSR count). The number of hydrogen-bond acceptors (Lipinski definition) is 2. The fourth-order valence-electron chi connectivity index (χ4n) is 1.45. The maximum Gasteiger partial charge on any atom is 0.132 e. The van der Waals surface area contributed by atoms with Gasteiger partial charge in [-0.15, -0.1) is 0 Å². The van der Waals surface area contributed by atoms with Crippen LogP contribution in [0, 0.1) is 5.82 Å². The summed E-state index contributed by atoms with van der Waals surface area (Å²) in [6.07, 6.45) is 0. The highest BCUT2D eigenvalue weighted by molar-refractivity contribution is 9.10. The summed E-state index contributed by atoms with van der Waals surface area (Å²) < 4.78 is 19.3. The molecule has 0 aliphatic heterocycles. The summed E-state index contributed by atoms with van der Waals surface area (Å²) in [4.78, 5) is 0. The molecular weight excluding hydrogens is 287 g/mol. The molecule has 0 aromatic heterocycles. The highest BCUT2D eigenvalue weighted by Gasteiger charge is 2.05. The van der Waals surface area contributed by atoms with Gasteiger partial charge >= 0.3 is 0 Å². The smallest absolute Gasteiger partial charge is 0.132 e. The lowest BCUT2D eigenvalue weighted by Crippen LogP contribution is -1.91. The molecule has 0 aliphatic carbocycles. The van der Waals surface area contributed by atoms with Gasteiger partial charge in [0, 0.05) is 16.1 Å². The van der Waals surface area contributed by atoms with Gasteiger partial charge in [-0.2, -0.15) is 0 Å². The third kappa shape index (κ3) is 3.05. The summed E-state index contributed by atoms with van der Waals surface area (Å²) in [6.45, 7) is -0.118. The van der Waals surface area contributed by atoms with E-state index >= 15 is 0 Å². The third-order valence-electron chi connectivity index (χ3n) is 2.21. The van der Waals surface area contributed by atoms with E-state index in [2.05, 4.69) is 15.9 Å². The van der Waals surface area contributed by atoms with Gasteiger partial charge in [-0.1, -0.05) is 34.1 Å². The molecule has 0 spiro atoms. The van der Waals surface area contributed by atoms with E-state index in [4.69, 9.17) is 9.84 Å². The van der Waals surface area contributed by atoms with Crippen LogP contribution >= 0.6 is 15.9 Å². The average molecular weight is 297 g/mol. The molecule has 2 aromatic rings. The van der Waals surface area contributed by atoms with Gasteiger partial charge in [0.2, 0.25) is 0 Å². The van der Waals surface area contributed by atoms with Crippen LogP contribution in [0.25, 0.3) is 0 Å². The highest BCUT2D eigenvalue weighted by Crippen LogP contribution is 2.28. The van der Waals surface area contributed by atoms with Crippen molar-refractivity contribution < 1.29 is 14.2 Å². The van der Waals surface area contributed by atoms with Gasteiger partial charge in [0.15, 0.2) is 0 Å². The molecule has 0 saturated heterocycles. The standard InChI is InChI=1S/C13H10BrFO2/c14-10-5-11(15)7-12(6-10)17-13-4-2-1-3-9(13)8-16/h1-7,16H,8H2. The number of benzene rings is 2. The van der Waals surface area contributed by atoms with E-state index in [1.54, 1.807) is 30.3 Å². The maximum absolute atomic E-state index is 13.2. The summed E-state index contributed by atoms with van der Waals surface area (Å²) >= 11 is 3.19. The molecule has 0 heterocycles. The first-order valence-corrected chi connectivity index (χ1v) is 5.81. The number of halogens is 2. The van der Waals surface area contributed by atoms with Gasteiger partial charge in [0.25, 0.3) is 0 Å². The molecule has 0 radical (unpaired) electrons. The van der Waals surface area contributed by atoms with E-state index < -0.39 is 0 Å². The summed E-state index contributed by atoms with van der Waals surface area (Å²) in [6, 6.07) is 11.4. The minimum absolute atomic E-state index is 0.118. The van der Waals surface area contributed by atoms with Crippen molar-refractivity contribution in [2.24, 2.45) is 0 Å². The largest absolute Gasteiger partial charge is 0.457 e. The summed E-state index contributed by atoms with van der Waals surface area (Å²) in [5.74, 6) is 0.529. The SMILES string of the molecule is OCc1ccccc1Oc1cc(F)cc(Br)c1. The zero-order valence-electron chi connectivity index (χ0n) is 8.86. The van der Waals surface area contributed by atoms with E-state index in [1.807, 2.05) is 0 Å². The quantitative estimate of drug-likeness (QED) is 0.931. The Morgan fingerprint density at radius 3 is 2.65 bits per heavy atom. The Kier molecular flexibility index (Phi) is 3.76. The normalized spacial score (nSPS) is 10.3. The van der Waals surface area contributed by atoms with Crippen molar-refractivity contribution in [3.8, 4) is 11.5 Å². The second-order valence-corrected chi connectivity index (χ2v) is 4.39. The zero-order valence-corrected chi connectivity index (χ0v) is 10.4. The van der Waals surface area contributed by atoms with Gasteiger partial charge < -0.3 is 9.84 Å². The molecule has 4 heteroatoms. The van der Waals surface area contributed by atoms with Gasteiger partial charge in [0.1, 0.15) is 17.3 Å². The van der Waals surface area contributed by atoms with Crippen molar-refractivity contribution in [3.05, 3.63) is 58.3 Å². The van der Waals surface area contributed by atoms with Crippen LogP contribution in [0.15, 0.2) is 46.9 Å². The van der Waals surface area contributed by atoms with Crippen LogP contribution < -0.4 is 4.74 Å². The molecule has 1 N–H and O–H groups in total. The molecule has 0 amide bonds. The van der Waals surface area contributed by atoms with Crippen LogP contribution in [0.1, 0.15) is 5.56 Å². The van der Waals surface area contributed by atoms with E-state index in [1.165, 1.54) is 12.1 Å². The first-order chi connectivity index (χ1) is 8.19. The van der Waals surface area contributed by atoms with Crippen molar-refractivity contribution in [1.82, 2.24) is 0 Å². The minimum atomic E-state index is -0.379. The number of aliphatic hydroxyl groups excluding tert-OH is 1. The molecule has 0 bridgehead atoms. The lowest BCUT2D eigenvalue weighted by Gasteiger charge is -2.09. The van der Waals surface area contributed by atoms with E-state index in [-0.39, 0.29) is 12.4 Å². The van der Waals surface area contributed by atoms with Crippen LogP contribution in [0.3, 0.4) is 0 Å². The van der Waals surface area contributed by atoms with Gasteiger partial charge in [-0.05, 0) is 18.2 Å². The number of para-hydroxylation sites is 1. The third-order valence-corrected chi connectivity index (χ3v) is 2.66. The van der Waals surface area contributed by atoms with Crippen molar-refractivity contribution in [2.45, 2.75) is 6.61 Å². The minimum Gasteiger partial charge on any atom is -0.457 e. The van der Waals surface area contributed by atoms with Crippen molar-refractivity contribution in [1.29, 1.82) is 0 Å². The molecule has 0 fully saturated rings. The van der Waals surface area contributed by atoms with Crippen LogP contribution in [0.5, 0.6) is 11.5 Å². The van der Waals surface area contributed by atoms with Crippen LogP contribution in [-0.4, -0.2) is 5.11 Å². The first kappa shape index (κ1) is 12.1. The van der Waals surface area contributed by atoms with Crippen molar-refractivity contribution in [3.63, 3.8) is 0 Å². The Labute approximate surface area is 107 Å². The molecule has 17 heavy (non-hydrogen) atoms. The second-order valence-electron chi connectivity index (χ2n) is 3.47. The Morgan fingerprint density at radius 2 is 1.94 bits per heavy atom. The fourth-order valence-corrected chi connectivity index (χ4v) is 1.89. The Hall–Kier alpha value is -1.39. The van der Waals surface area contributed by atoms with E-state index in [0.29, 0.717) is 21.5 Å². The van der Waals surface area contributed by atoms with Gasteiger partial charge in [-0.3, -0.25) is 0 Å². The number of ether oxygens (including phenoxy) is 1. The number of aliphatic hydroxyl groups is 1. The highest BCUT2D eigenvalue weighted by atomic mass is 79.9.